The lowest BCUT2D eigenvalue weighted by Gasteiger charge is -2.20. The Morgan fingerprint density at radius 2 is 2.05 bits per heavy atom. The maximum absolute atomic E-state index is 12.2. The molecule has 1 aliphatic rings. The standard InChI is InChI=1S/C16H25N3O/c1-4-19(13-5-6-13)8-7-18-16(20)14-10-15(17)12(3)9-11(14)2/h9-10,13H,4-8,17H2,1-3H3,(H,18,20). The molecule has 20 heavy (non-hydrogen) atoms. The van der Waals surface area contributed by atoms with Crippen molar-refractivity contribution >= 4 is 11.6 Å². The highest BCUT2D eigenvalue weighted by atomic mass is 16.1. The van der Waals surface area contributed by atoms with Gasteiger partial charge in [-0.15, -0.1) is 0 Å². The molecule has 1 aromatic carbocycles. The second kappa shape index (κ2) is 6.27. The molecule has 2 rings (SSSR count). The van der Waals surface area contributed by atoms with Crippen LogP contribution in [0.3, 0.4) is 0 Å². The molecule has 0 spiro atoms. The number of nitrogens with zero attached hydrogens (tertiary/aromatic N) is 1. The van der Waals surface area contributed by atoms with Crippen molar-refractivity contribution in [1.82, 2.24) is 10.2 Å². The van der Waals surface area contributed by atoms with Crippen LogP contribution in [0.2, 0.25) is 0 Å². The maximum Gasteiger partial charge on any atom is 0.251 e. The molecule has 1 fully saturated rings. The van der Waals surface area contributed by atoms with Gasteiger partial charge in [-0.3, -0.25) is 9.69 Å². The van der Waals surface area contributed by atoms with E-state index in [1.807, 2.05) is 19.9 Å². The number of aryl methyl sites for hydroxylation is 2. The number of carbonyl (C=O) groups excluding carboxylic acids is 1. The Hall–Kier alpha value is -1.55. The highest BCUT2D eigenvalue weighted by molar-refractivity contribution is 5.96. The second-order valence-electron chi connectivity index (χ2n) is 5.64. The Morgan fingerprint density at radius 3 is 2.65 bits per heavy atom. The fourth-order valence-electron chi connectivity index (χ4n) is 2.56. The van der Waals surface area contributed by atoms with E-state index in [4.69, 9.17) is 5.73 Å². The average molecular weight is 275 g/mol. The summed E-state index contributed by atoms with van der Waals surface area (Å²) >= 11 is 0. The van der Waals surface area contributed by atoms with Crippen LogP contribution in [-0.4, -0.2) is 36.5 Å². The van der Waals surface area contributed by atoms with Crippen molar-refractivity contribution in [2.45, 2.75) is 39.7 Å². The number of hydrogen-bond acceptors (Lipinski definition) is 3. The molecular formula is C16H25N3O. The molecule has 0 aromatic heterocycles. The van der Waals surface area contributed by atoms with Gasteiger partial charge in [0.1, 0.15) is 0 Å². The first-order valence-electron chi connectivity index (χ1n) is 7.42. The number of amides is 1. The molecule has 0 aliphatic heterocycles. The first-order chi connectivity index (χ1) is 9.52. The van der Waals surface area contributed by atoms with Crippen molar-refractivity contribution < 1.29 is 4.79 Å². The smallest absolute Gasteiger partial charge is 0.251 e. The van der Waals surface area contributed by atoms with Gasteiger partial charge < -0.3 is 11.1 Å². The largest absolute Gasteiger partial charge is 0.398 e. The van der Waals surface area contributed by atoms with Crippen LogP contribution in [0.25, 0.3) is 0 Å². The van der Waals surface area contributed by atoms with Gasteiger partial charge in [-0.05, 0) is 50.4 Å². The lowest BCUT2D eigenvalue weighted by atomic mass is 10.0. The number of likely N-dealkylation sites (N-methyl/N-ethyl adjacent to an activating group) is 1. The summed E-state index contributed by atoms with van der Waals surface area (Å²) in [4.78, 5) is 14.6. The minimum atomic E-state index is -0.0268. The number of rotatable bonds is 6. The van der Waals surface area contributed by atoms with E-state index in [0.717, 1.165) is 30.3 Å². The molecule has 0 radical (unpaired) electrons. The third kappa shape index (κ3) is 3.51. The predicted octanol–water partition coefficient (Wildman–Crippen LogP) is 2.10. The van der Waals surface area contributed by atoms with E-state index >= 15 is 0 Å². The minimum absolute atomic E-state index is 0.0268. The highest BCUT2D eigenvalue weighted by Crippen LogP contribution is 2.25. The molecule has 0 bridgehead atoms. The maximum atomic E-state index is 12.2. The van der Waals surface area contributed by atoms with E-state index in [1.54, 1.807) is 6.07 Å². The molecule has 4 heteroatoms. The molecular weight excluding hydrogens is 250 g/mol. The summed E-state index contributed by atoms with van der Waals surface area (Å²) in [6, 6.07) is 4.49. The fraction of sp³-hybridized carbons (Fsp3) is 0.562. The molecule has 1 aliphatic carbocycles. The zero-order valence-corrected chi connectivity index (χ0v) is 12.7. The number of anilines is 1. The van der Waals surface area contributed by atoms with Gasteiger partial charge >= 0.3 is 0 Å². The molecule has 0 atom stereocenters. The van der Waals surface area contributed by atoms with Crippen molar-refractivity contribution in [1.29, 1.82) is 0 Å². The van der Waals surface area contributed by atoms with Crippen molar-refractivity contribution in [2.24, 2.45) is 0 Å². The molecule has 0 saturated heterocycles. The average Bonchev–Trinajstić information content (AvgIpc) is 3.23. The van der Waals surface area contributed by atoms with Gasteiger partial charge in [0.15, 0.2) is 0 Å². The summed E-state index contributed by atoms with van der Waals surface area (Å²) in [6.07, 6.45) is 2.60. The molecule has 1 saturated carbocycles. The number of nitrogen functional groups attached to an aromatic ring is 1. The Kier molecular flexibility index (Phi) is 4.65. The van der Waals surface area contributed by atoms with Crippen LogP contribution < -0.4 is 11.1 Å². The molecule has 110 valence electrons. The number of hydrogen-bond donors (Lipinski definition) is 2. The summed E-state index contributed by atoms with van der Waals surface area (Å²) in [5, 5.41) is 3.00. The molecule has 0 heterocycles. The van der Waals surface area contributed by atoms with Gasteiger partial charge in [-0.1, -0.05) is 13.0 Å². The number of carbonyl (C=O) groups is 1. The summed E-state index contributed by atoms with van der Waals surface area (Å²) in [5.41, 5.74) is 9.24. The summed E-state index contributed by atoms with van der Waals surface area (Å²) in [5.74, 6) is -0.0268. The first-order valence-corrected chi connectivity index (χ1v) is 7.42. The fourth-order valence-corrected chi connectivity index (χ4v) is 2.56. The SMILES string of the molecule is CCN(CCNC(=O)c1cc(N)c(C)cc1C)C1CC1. The lowest BCUT2D eigenvalue weighted by Crippen LogP contribution is -2.36. The van der Waals surface area contributed by atoms with E-state index < -0.39 is 0 Å². The Labute approximate surface area is 121 Å². The van der Waals surface area contributed by atoms with Crippen LogP contribution in [0.1, 0.15) is 41.3 Å². The zero-order chi connectivity index (χ0) is 14.7. The van der Waals surface area contributed by atoms with Crippen LogP contribution in [0, 0.1) is 13.8 Å². The van der Waals surface area contributed by atoms with Crippen LogP contribution >= 0.6 is 0 Å². The topological polar surface area (TPSA) is 58.4 Å². The van der Waals surface area contributed by atoms with Gasteiger partial charge in [0, 0.05) is 30.4 Å². The van der Waals surface area contributed by atoms with Crippen LogP contribution in [0.4, 0.5) is 5.69 Å². The van der Waals surface area contributed by atoms with Crippen LogP contribution in [0.5, 0.6) is 0 Å². The first kappa shape index (κ1) is 14.9. The van der Waals surface area contributed by atoms with Crippen molar-refractivity contribution in [2.75, 3.05) is 25.4 Å². The van der Waals surface area contributed by atoms with Gasteiger partial charge in [0.25, 0.3) is 5.91 Å². The Bertz CT molecular complexity index is 495. The number of nitrogens with one attached hydrogen (secondary N) is 1. The highest BCUT2D eigenvalue weighted by Gasteiger charge is 2.27. The minimum Gasteiger partial charge on any atom is -0.398 e. The van der Waals surface area contributed by atoms with E-state index in [1.165, 1.54) is 12.8 Å². The molecule has 3 N–H and O–H groups in total. The lowest BCUT2D eigenvalue weighted by molar-refractivity contribution is 0.0947. The zero-order valence-electron chi connectivity index (χ0n) is 12.7. The van der Waals surface area contributed by atoms with Crippen molar-refractivity contribution in [3.8, 4) is 0 Å². The van der Waals surface area contributed by atoms with E-state index in [9.17, 15) is 4.79 Å². The van der Waals surface area contributed by atoms with Gasteiger partial charge in [0.05, 0.1) is 0 Å². The summed E-state index contributed by atoms with van der Waals surface area (Å²) < 4.78 is 0. The van der Waals surface area contributed by atoms with E-state index in [-0.39, 0.29) is 5.91 Å². The van der Waals surface area contributed by atoms with Crippen molar-refractivity contribution in [3.63, 3.8) is 0 Å². The van der Waals surface area contributed by atoms with E-state index in [2.05, 4.69) is 17.1 Å². The third-order valence-electron chi connectivity index (χ3n) is 4.01. The molecule has 4 nitrogen and oxygen atoms in total. The Morgan fingerprint density at radius 1 is 1.35 bits per heavy atom. The van der Waals surface area contributed by atoms with Crippen LogP contribution in [-0.2, 0) is 0 Å². The third-order valence-corrected chi connectivity index (χ3v) is 4.01. The number of nitrogens with two attached hydrogens (primary N) is 1. The van der Waals surface area contributed by atoms with Crippen molar-refractivity contribution in [3.05, 3.63) is 28.8 Å². The second-order valence-corrected chi connectivity index (χ2v) is 5.64. The predicted molar refractivity (Wildman–Crippen MR) is 82.9 cm³/mol. The monoisotopic (exact) mass is 275 g/mol. The van der Waals surface area contributed by atoms with E-state index in [0.29, 0.717) is 17.8 Å². The molecule has 0 unspecified atom stereocenters. The van der Waals surface area contributed by atoms with Crippen LogP contribution in [0.15, 0.2) is 12.1 Å². The summed E-state index contributed by atoms with van der Waals surface area (Å²) in [7, 11) is 0. The quantitative estimate of drug-likeness (QED) is 0.782. The van der Waals surface area contributed by atoms with Gasteiger partial charge in [-0.2, -0.15) is 0 Å². The molecule has 1 amide bonds. The van der Waals surface area contributed by atoms with Gasteiger partial charge in [0.2, 0.25) is 0 Å². The Balaban J connectivity index is 1.90. The normalized spacial score (nSPS) is 14.6. The number of benzene rings is 1. The van der Waals surface area contributed by atoms with Gasteiger partial charge in [-0.25, -0.2) is 0 Å². The molecule has 1 aromatic rings. The summed E-state index contributed by atoms with van der Waals surface area (Å²) in [6.45, 7) is 8.74.